The summed E-state index contributed by atoms with van der Waals surface area (Å²) in [4.78, 5) is 17.9. The molecule has 0 amide bonds. The maximum atomic E-state index is 11.3. The number of carboxylic acid groups (broad SMARTS) is 1. The molecule has 1 aliphatic rings. The molecule has 1 aromatic heterocycles. The Morgan fingerprint density at radius 3 is 2.82 bits per heavy atom. The Morgan fingerprint density at radius 2 is 2.24 bits per heavy atom. The van der Waals surface area contributed by atoms with Gasteiger partial charge in [0.15, 0.2) is 0 Å². The molecule has 1 N–H and O–H groups in total. The summed E-state index contributed by atoms with van der Waals surface area (Å²) in [5.74, 6) is -0.356. The van der Waals surface area contributed by atoms with E-state index in [1.165, 1.54) is 0 Å². The average Bonchev–Trinajstić information content (AvgIpc) is 2.55. The molecule has 0 radical (unpaired) electrons. The van der Waals surface area contributed by atoms with Gasteiger partial charge in [0.25, 0.3) is 0 Å². The van der Waals surface area contributed by atoms with Gasteiger partial charge in [0.2, 0.25) is 0 Å². The molecule has 92 valence electrons. The number of hydrogen-bond acceptors (Lipinski definition) is 3. The highest BCUT2D eigenvalue weighted by Crippen LogP contribution is 2.25. The second-order valence-electron chi connectivity index (χ2n) is 5.16. The van der Waals surface area contributed by atoms with Crippen LogP contribution in [0.25, 0.3) is 0 Å². The lowest BCUT2D eigenvalue weighted by Crippen LogP contribution is -2.09. The lowest BCUT2D eigenvalue weighted by Gasteiger charge is -2.09. The second-order valence-corrected chi connectivity index (χ2v) is 5.16. The molecule has 2 rings (SSSR count). The van der Waals surface area contributed by atoms with Crippen LogP contribution in [0.1, 0.15) is 41.2 Å². The third-order valence-corrected chi connectivity index (χ3v) is 2.96. The Bertz CT molecular complexity index is 455. The molecule has 17 heavy (non-hydrogen) atoms. The zero-order chi connectivity index (χ0) is 12.6. The monoisotopic (exact) mass is 234 g/mol. The van der Waals surface area contributed by atoms with Crippen molar-refractivity contribution in [2.24, 2.45) is 5.92 Å². The van der Waals surface area contributed by atoms with Crippen LogP contribution < -0.4 is 0 Å². The van der Waals surface area contributed by atoms with Gasteiger partial charge in [0.1, 0.15) is 0 Å². The average molecular weight is 234 g/mol. The number of rotatable bonds is 3. The van der Waals surface area contributed by atoms with Crippen LogP contribution in [0, 0.1) is 5.92 Å². The smallest absolute Gasteiger partial charge is 0.336 e. The zero-order valence-electron chi connectivity index (χ0n) is 10.5. The first kappa shape index (κ1) is 12.0. The molecule has 0 saturated carbocycles. The Labute approximate surface area is 101 Å². The highest BCUT2D eigenvalue weighted by atomic mass is 16.4. The maximum absolute atomic E-state index is 11.3. The summed E-state index contributed by atoms with van der Waals surface area (Å²) in [6.07, 6.45) is 0.831. The summed E-state index contributed by atoms with van der Waals surface area (Å²) in [5.41, 5.74) is 3.14. The van der Waals surface area contributed by atoms with Crippen LogP contribution in [-0.2, 0) is 19.5 Å². The highest BCUT2D eigenvalue weighted by molar-refractivity contribution is 5.90. The summed E-state index contributed by atoms with van der Waals surface area (Å²) >= 11 is 0. The molecule has 0 saturated heterocycles. The number of nitrogens with zero attached hydrogens (tertiary/aromatic N) is 2. The van der Waals surface area contributed by atoms with Crippen LogP contribution in [0.15, 0.2) is 6.07 Å². The predicted molar refractivity (Wildman–Crippen MR) is 64.9 cm³/mol. The molecule has 0 unspecified atom stereocenters. The van der Waals surface area contributed by atoms with Gasteiger partial charge in [0.05, 0.1) is 11.3 Å². The van der Waals surface area contributed by atoms with Crippen LogP contribution in [0.4, 0.5) is 0 Å². The van der Waals surface area contributed by atoms with E-state index in [-0.39, 0.29) is 0 Å². The largest absolute Gasteiger partial charge is 0.478 e. The van der Waals surface area contributed by atoms with Crippen molar-refractivity contribution in [3.05, 3.63) is 28.6 Å². The van der Waals surface area contributed by atoms with E-state index >= 15 is 0 Å². The summed E-state index contributed by atoms with van der Waals surface area (Å²) in [7, 11) is 1.98. The maximum Gasteiger partial charge on any atom is 0.336 e. The molecular weight excluding hydrogens is 216 g/mol. The minimum Gasteiger partial charge on any atom is -0.478 e. The summed E-state index contributed by atoms with van der Waals surface area (Å²) in [6, 6.07) is 1.74. The first-order valence-electron chi connectivity index (χ1n) is 5.91. The first-order chi connectivity index (χ1) is 7.97. The highest BCUT2D eigenvalue weighted by Gasteiger charge is 2.24. The number of carboxylic acids is 1. The number of carbonyl (C=O) groups is 1. The third kappa shape index (κ3) is 2.47. The van der Waals surface area contributed by atoms with E-state index in [0.717, 1.165) is 29.9 Å². The van der Waals surface area contributed by atoms with E-state index < -0.39 is 5.97 Å². The second kappa shape index (κ2) is 4.45. The zero-order valence-corrected chi connectivity index (χ0v) is 10.5. The van der Waals surface area contributed by atoms with Crippen molar-refractivity contribution in [2.75, 3.05) is 7.05 Å². The van der Waals surface area contributed by atoms with E-state index in [4.69, 9.17) is 0 Å². The molecule has 4 nitrogen and oxygen atoms in total. The molecule has 0 fully saturated rings. The normalized spacial score (nSPS) is 15.3. The van der Waals surface area contributed by atoms with Crippen LogP contribution in [0.2, 0.25) is 0 Å². The lowest BCUT2D eigenvalue weighted by atomic mass is 10.0. The van der Waals surface area contributed by atoms with E-state index in [2.05, 4.69) is 23.7 Å². The fraction of sp³-hybridized carbons (Fsp3) is 0.538. The van der Waals surface area contributed by atoms with E-state index in [1.54, 1.807) is 6.07 Å². The molecule has 0 aromatic carbocycles. The van der Waals surface area contributed by atoms with Gasteiger partial charge in [-0.05, 0) is 25.5 Å². The summed E-state index contributed by atoms with van der Waals surface area (Å²) in [5, 5.41) is 9.25. The molecule has 0 bridgehead atoms. The topological polar surface area (TPSA) is 53.4 Å². The number of hydrogen-bond donors (Lipinski definition) is 1. The van der Waals surface area contributed by atoms with E-state index in [9.17, 15) is 9.90 Å². The minimum absolute atomic E-state index is 0.426. The fourth-order valence-electron chi connectivity index (χ4n) is 2.28. The van der Waals surface area contributed by atoms with Gasteiger partial charge in [-0.3, -0.25) is 9.88 Å². The van der Waals surface area contributed by atoms with Crippen LogP contribution in [-0.4, -0.2) is 28.0 Å². The molecular formula is C13H18N2O2. The van der Waals surface area contributed by atoms with Crippen molar-refractivity contribution in [3.63, 3.8) is 0 Å². The molecule has 2 heterocycles. The Morgan fingerprint density at radius 1 is 1.53 bits per heavy atom. The molecule has 0 spiro atoms. The SMILES string of the molecule is CC(C)Cc1cc(C(=O)O)c2c(n1)CN(C)C2. The summed E-state index contributed by atoms with van der Waals surface area (Å²) in [6.45, 7) is 5.66. The van der Waals surface area contributed by atoms with Crippen molar-refractivity contribution in [2.45, 2.75) is 33.4 Å². The van der Waals surface area contributed by atoms with E-state index in [1.807, 2.05) is 7.05 Å². The van der Waals surface area contributed by atoms with Crippen molar-refractivity contribution >= 4 is 5.97 Å². The van der Waals surface area contributed by atoms with Gasteiger partial charge in [0, 0.05) is 24.3 Å². The number of fused-ring (bicyclic) bond motifs is 1. The molecule has 4 heteroatoms. The predicted octanol–water partition coefficient (Wildman–Crippen LogP) is 1.92. The van der Waals surface area contributed by atoms with Crippen molar-refractivity contribution in [3.8, 4) is 0 Å². The Kier molecular flexibility index (Phi) is 3.15. The number of aromatic nitrogens is 1. The Hall–Kier alpha value is -1.42. The van der Waals surface area contributed by atoms with Crippen LogP contribution >= 0.6 is 0 Å². The Balaban J connectivity index is 2.44. The standard InChI is InChI=1S/C13H18N2O2/c1-8(2)4-9-5-10(13(16)17)11-6-15(3)7-12(11)14-9/h5,8H,4,6-7H2,1-3H3,(H,16,17). The van der Waals surface area contributed by atoms with Gasteiger partial charge < -0.3 is 5.11 Å². The van der Waals surface area contributed by atoms with Gasteiger partial charge in [-0.15, -0.1) is 0 Å². The molecule has 1 aromatic rings. The quantitative estimate of drug-likeness (QED) is 0.868. The lowest BCUT2D eigenvalue weighted by molar-refractivity contribution is 0.0695. The third-order valence-electron chi connectivity index (χ3n) is 2.96. The van der Waals surface area contributed by atoms with Gasteiger partial charge in [-0.25, -0.2) is 4.79 Å². The van der Waals surface area contributed by atoms with Crippen LogP contribution in [0.5, 0.6) is 0 Å². The summed E-state index contributed by atoms with van der Waals surface area (Å²) < 4.78 is 0. The fourth-order valence-corrected chi connectivity index (χ4v) is 2.28. The van der Waals surface area contributed by atoms with Crippen LogP contribution in [0.3, 0.4) is 0 Å². The van der Waals surface area contributed by atoms with Gasteiger partial charge >= 0.3 is 5.97 Å². The van der Waals surface area contributed by atoms with Gasteiger partial charge in [-0.1, -0.05) is 13.8 Å². The van der Waals surface area contributed by atoms with Crippen molar-refractivity contribution in [1.29, 1.82) is 0 Å². The van der Waals surface area contributed by atoms with E-state index in [0.29, 0.717) is 18.0 Å². The van der Waals surface area contributed by atoms with Gasteiger partial charge in [-0.2, -0.15) is 0 Å². The van der Waals surface area contributed by atoms with Crippen molar-refractivity contribution in [1.82, 2.24) is 9.88 Å². The number of aromatic carboxylic acids is 1. The number of pyridine rings is 1. The molecule has 0 atom stereocenters. The first-order valence-corrected chi connectivity index (χ1v) is 5.91. The minimum atomic E-state index is -0.844. The molecule has 1 aliphatic heterocycles. The van der Waals surface area contributed by atoms with Crippen molar-refractivity contribution < 1.29 is 9.90 Å². The molecule has 0 aliphatic carbocycles.